The molecule has 0 aliphatic carbocycles. The molecule has 0 aliphatic heterocycles. The molecule has 4 aromatic rings. The first-order valence-corrected chi connectivity index (χ1v) is 15.9. The predicted octanol–water partition coefficient (Wildman–Crippen LogP) is 5.58. The van der Waals surface area contributed by atoms with Crippen LogP contribution in [0.5, 0.6) is 0 Å². The maximum Gasteiger partial charge on any atom is 0.264 e. The second kappa shape index (κ2) is 14.2. The summed E-state index contributed by atoms with van der Waals surface area (Å²) < 4.78 is 29.5. The van der Waals surface area contributed by atoms with Gasteiger partial charge in [0.15, 0.2) is 0 Å². The van der Waals surface area contributed by atoms with Crippen LogP contribution in [0.2, 0.25) is 0 Å². The molecule has 0 heterocycles. The molecule has 8 heteroatoms. The normalized spacial score (nSPS) is 11.9. The summed E-state index contributed by atoms with van der Waals surface area (Å²) in [4.78, 5) is 29.7. The lowest BCUT2D eigenvalue weighted by Crippen LogP contribution is -2.53. The van der Waals surface area contributed by atoms with Gasteiger partial charge in [0.1, 0.15) is 12.6 Å². The van der Waals surface area contributed by atoms with Gasteiger partial charge in [0, 0.05) is 19.5 Å². The smallest absolute Gasteiger partial charge is 0.264 e. The number of aryl methyl sites for hydroxylation is 3. The van der Waals surface area contributed by atoms with E-state index in [1.165, 1.54) is 21.3 Å². The first kappa shape index (κ1) is 31.5. The molecule has 0 aliphatic rings. The van der Waals surface area contributed by atoms with Crippen LogP contribution < -0.4 is 9.62 Å². The fraction of sp³-hybridized carbons (Fsp3) is 0.257. The van der Waals surface area contributed by atoms with Gasteiger partial charge in [0.25, 0.3) is 10.0 Å². The number of carbonyl (C=O) groups is 2. The van der Waals surface area contributed by atoms with Crippen molar-refractivity contribution in [1.82, 2.24) is 10.2 Å². The highest BCUT2D eigenvalue weighted by atomic mass is 32.2. The van der Waals surface area contributed by atoms with E-state index in [0.717, 1.165) is 22.3 Å². The Morgan fingerprint density at radius 2 is 1.42 bits per heavy atom. The quantitative estimate of drug-likeness (QED) is 0.231. The highest BCUT2D eigenvalue weighted by Gasteiger charge is 2.35. The fourth-order valence-corrected chi connectivity index (χ4v) is 6.53. The molecule has 7 nitrogen and oxygen atoms in total. The summed E-state index contributed by atoms with van der Waals surface area (Å²) in [5.41, 5.74) is 4.74. The van der Waals surface area contributed by atoms with Crippen molar-refractivity contribution < 1.29 is 18.0 Å². The van der Waals surface area contributed by atoms with Gasteiger partial charge in [0.05, 0.1) is 10.6 Å². The molecular formula is C35H39N3O4S. The molecular weight excluding hydrogens is 558 g/mol. The average molecular weight is 598 g/mol. The average Bonchev–Trinajstić information content (AvgIpc) is 3.00. The number of carbonyl (C=O) groups excluding carboxylic acids is 2. The molecule has 1 atom stereocenters. The van der Waals surface area contributed by atoms with Gasteiger partial charge in [0.2, 0.25) is 11.8 Å². The van der Waals surface area contributed by atoms with Crippen molar-refractivity contribution in [3.8, 4) is 0 Å². The Hall–Kier alpha value is -4.43. The van der Waals surface area contributed by atoms with Gasteiger partial charge in [-0.05, 0) is 73.7 Å². The van der Waals surface area contributed by atoms with Crippen LogP contribution in [0, 0.1) is 20.8 Å². The van der Waals surface area contributed by atoms with Crippen molar-refractivity contribution >= 4 is 27.5 Å². The Morgan fingerprint density at radius 3 is 2.07 bits per heavy atom. The molecule has 0 spiro atoms. The van der Waals surface area contributed by atoms with Crippen LogP contribution in [0.3, 0.4) is 0 Å². The number of sulfonamides is 1. The van der Waals surface area contributed by atoms with Gasteiger partial charge in [-0.3, -0.25) is 13.9 Å². The molecule has 0 bridgehead atoms. The minimum absolute atomic E-state index is 0.0821. The molecule has 2 amide bonds. The number of nitrogens with zero attached hydrogens (tertiary/aromatic N) is 2. The van der Waals surface area contributed by atoms with Gasteiger partial charge in [-0.15, -0.1) is 0 Å². The van der Waals surface area contributed by atoms with E-state index in [-0.39, 0.29) is 23.8 Å². The monoisotopic (exact) mass is 597 g/mol. The van der Waals surface area contributed by atoms with Crippen LogP contribution >= 0.6 is 0 Å². The van der Waals surface area contributed by atoms with Gasteiger partial charge >= 0.3 is 0 Å². The Labute approximate surface area is 255 Å². The molecule has 224 valence electrons. The van der Waals surface area contributed by atoms with E-state index in [1.807, 2.05) is 94.4 Å². The van der Waals surface area contributed by atoms with Gasteiger partial charge < -0.3 is 10.2 Å². The third-order valence-corrected chi connectivity index (χ3v) is 9.24. The summed E-state index contributed by atoms with van der Waals surface area (Å²) in [6.07, 6.45) is 0.277. The van der Waals surface area contributed by atoms with E-state index in [2.05, 4.69) is 5.32 Å². The van der Waals surface area contributed by atoms with Crippen molar-refractivity contribution in [1.29, 1.82) is 0 Å². The molecule has 0 unspecified atom stereocenters. The lowest BCUT2D eigenvalue weighted by Gasteiger charge is -2.34. The second-order valence-corrected chi connectivity index (χ2v) is 12.5. The number of benzene rings is 4. The minimum Gasteiger partial charge on any atom is -0.355 e. The molecule has 0 fully saturated rings. The van der Waals surface area contributed by atoms with E-state index in [0.29, 0.717) is 17.8 Å². The first-order chi connectivity index (χ1) is 20.6. The van der Waals surface area contributed by atoms with Crippen molar-refractivity contribution in [3.05, 3.63) is 131 Å². The molecule has 1 N–H and O–H groups in total. The third kappa shape index (κ3) is 7.70. The van der Waals surface area contributed by atoms with E-state index in [9.17, 15) is 18.0 Å². The molecule has 0 saturated carbocycles. The van der Waals surface area contributed by atoms with E-state index in [4.69, 9.17) is 0 Å². The van der Waals surface area contributed by atoms with Crippen LogP contribution in [0.25, 0.3) is 0 Å². The Kier molecular flexibility index (Phi) is 10.4. The Morgan fingerprint density at radius 1 is 0.791 bits per heavy atom. The molecule has 0 saturated heterocycles. The SMILES string of the molecule is CCNC(=O)[C@H](Cc1ccccc1)N(Cc1ccccc1C)C(=O)CN(c1cc(C)ccc1C)S(=O)(=O)c1ccccc1. The maximum atomic E-state index is 14.5. The lowest BCUT2D eigenvalue weighted by molar-refractivity contribution is -0.140. The summed E-state index contributed by atoms with van der Waals surface area (Å²) in [5.74, 6) is -0.770. The highest BCUT2D eigenvalue weighted by molar-refractivity contribution is 7.92. The number of rotatable bonds is 12. The molecule has 4 aromatic carbocycles. The molecule has 0 aromatic heterocycles. The van der Waals surface area contributed by atoms with Crippen molar-refractivity contribution in [3.63, 3.8) is 0 Å². The zero-order valence-corrected chi connectivity index (χ0v) is 26.0. The topological polar surface area (TPSA) is 86.8 Å². The fourth-order valence-electron chi connectivity index (χ4n) is 5.04. The highest BCUT2D eigenvalue weighted by Crippen LogP contribution is 2.29. The van der Waals surface area contributed by atoms with Crippen molar-refractivity contribution in [2.24, 2.45) is 0 Å². The van der Waals surface area contributed by atoms with Gasteiger partial charge in [-0.1, -0.05) is 84.9 Å². The molecule has 0 radical (unpaired) electrons. The van der Waals surface area contributed by atoms with Gasteiger partial charge in [-0.25, -0.2) is 8.42 Å². The summed E-state index contributed by atoms with van der Waals surface area (Å²) in [6.45, 7) is 7.56. The van der Waals surface area contributed by atoms with Crippen LogP contribution in [0.1, 0.15) is 34.7 Å². The van der Waals surface area contributed by atoms with Crippen LogP contribution in [-0.4, -0.2) is 44.3 Å². The number of hydrogen-bond acceptors (Lipinski definition) is 4. The zero-order chi connectivity index (χ0) is 31.0. The summed E-state index contributed by atoms with van der Waals surface area (Å²) >= 11 is 0. The molecule has 43 heavy (non-hydrogen) atoms. The Balaban J connectivity index is 1.83. The Bertz CT molecular complexity index is 1660. The first-order valence-electron chi connectivity index (χ1n) is 14.4. The predicted molar refractivity (Wildman–Crippen MR) is 171 cm³/mol. The summed E-state index contributed by atoms with van der Waals surface area (Å²) in [5, 5.41) is 2.89. The standard InChI is InChI=1S/C35H39N3O4S/c1-5-36-35(40)33(23-29-15-8-6-9-16-29)37(24-30-17-13-12-14-27(30)3)34(39)25-38(32-22-26(2)20-21-28(32)4)43(41,42)31-18-10-7-11-19-31/h6-22,33H,5,23-25H2,1-4H3,(H,36,40)/t33-/m0/s1. The maximum absolute atomic E-state index is 14.5. The number of amides is 2. The van der Waals surface area contributed by atoms with Crippen LogP contribution in [0.4, 0.5) is 5.69 Å². The van der Waals surface area contributed by atoms with Crippen LogP contribution in [0.15, 0.2) is 108 Å². The van der Waals surface area contributed by atoms with E-state index >= 15 is 0 Å². The number of hydrogen-bond donors (Lipinski definition) is 1. The van der Waals surface area contributed by atoms with Crippen molar-refractivity contribution in [2.45, 2.75) is 51.6 Å². The van der Waals surface area contributed by atoms with Crippen LogP contribution in [-0.2, 0) is 32.6 Å². The van der Waals surface area contributed by atoms with E-state index < -0.39 is 28.5 Å². The summed E-state index contributed by atoms with van der Waals surface area (Å²) in [6, 6.07) is 30.0. The number of nitrogens with one attached hydrogen (secondary N) is 1. The zero-order valence-electron chi connectivity index (χ0n) is 25.2. The second-order valence-electron chi connectivity index (χ2n) is 10.7. The van der Waals surface area contributed by atoms with Crippen molar-refractivity contribution in [2.75, 3.05) is 17.4 Å². The van der Waals surface area contributed by atoms with E-state index in [1.54, 1.807) is 24.3 Å². The summed E-state index contributed by atoms with van der Waals surface area (Å²) in [7, 11) is -4.13. The third-order valence-electron chi connectivity index (χ3n) is 7.47. The number of anilines is 1. The van der Waals surface area contributed by atoms with Gasteiger partial charge in [-0.2, -0.15) is 0 Å². The molecule has 4 rings (SSSR count). The number of likely N-dealkylation sites (N-methyl/N-ethyl adjacent to an activating group) is 1. The largest absolute Gasteiger partial charge is 0.355 e. The lowest BCUT2D eigenvalue weighted by atomic mass is 10.0. The minimum atomic E-state index is -4.13.